The predicted octanol–water partition coefficient (Wildman–Crippen LogP) is 4.52. The summed E-state index contributed by atoms with van der Waals surface area (Å²) in [6.45, 7) is 3.16. The van der Waals surface area contributed by atoms with Gasteiger partial charge in [-0.2, -0.15) is 0 Å². The van der Waals surface area contributed by atoms with Gasteiger partial charge in [-0.05, 0) is 49.4 Å². The highest BCUT2D eigenvalue weighted by molar-refractivity contribution is 5.84. The van der Waals surface area contributed by atoms with Gasteiger partial charge < -0.3 is 9.30 Å². The summed E-state index contributed by atoms with van der Waals surface area (Å²) in [4.78, 5) is 0. The summed E-state index contributed by atoms with van der Waals surface area (Å²) in [6.07, 6.45) is 1.97. The quantitative estimate of drug-likeness (QED) is 0.688. The van der Waals surface area contributed by atoms with Crippen LogP contribution in [0.3, 0.4) is 0 Å². The Morgan fingerprint density at radius 3 is 2.43 bits per heavy atom. The first-order valence-electron chi connectivity index (χ1n) is 6.83. The maximum Gasteiger partial charge on any atom is 0.123 e. The highest BCUT2D eigenvalue weighted by atomic mass is 19.1. The molecule has 3 rings (SSSR count). The molecule has 108 valence electrons. The largest absolute Gasteiger partial charge is 0.489 e. The van der Waals surface area contributed by atoms with E-state index >= 15 is 0 Å². The molecule has 0 spiro atoms. The molecular formula is C17H15F2NO. The maximum absolute atomic E-state index is 13.4. The van der Waals surface area contributed by atoms with Gasteiger partial charge in [-0.1, -0.05) is 0 Å². The molecule has 0 atom stereocenters. The first-order chi connectivity index (χ1) is 10.2. The molecule has 2 nitrogen and oxygen atoms in total. The number of hydrogen-bond donors (Lipinski definition) is 0. The molecule has 0 N–H and O–H groups in total. The van der Waals surface area contributed by atoms with Gasteiger partial charge in [0.25, 0.3) is 0 Å². The smallest absolute Gasteiger partial charge is 0.123 e. The second-order valence-corrected chi connectivity index (χ2v) is 4.84. The molecule has 0 unspecified atom stereocenters. The van der Waals surface area contributed by atoms with Crippen LogP contribution in [0.2, 0.25) is 0 Å². The Morgan fingerprint density at radius 2 is 1.71 bits per heavy atom. The SMILES string of the molecule is CCn1cc(COc2ccc(F)cc2)c2cc(F)ccc21. The monoisotopic (exact) mass is 287 g/mol. The average molecular weight is 287 g/mol. The second kappa shape index (κ2) is 5.56. The molecule has 0 fully saturated rings. The van der Waals surface area contributed by atoms with Crippen LogP contribution in [0.15, 0.2) is 48.7 Å². The van der Waals surface area contributed by atoms with Crippen LogP contribution < -0.4 is 4.74 Å². The number of fused-ring (bicyclic) bond motifs is 1. The maximum atomic E-state index is 13.4. The first kappa shape index (κ1) is 13.6. The van der Waals surface area contributed by atoms with Gasteiger partial charge in [0.2, 0.25) is 0 Å². The van der Waals surface area contributed by atoms with Crippen LogP contribution in [-0.4, -0.2) is 4.57 Å². The van der Waals surface area contributed by atoms with Crippen LogP contribution in [0.25, 0.3) is 10.9 Å². The number of halogens is 2. The standard InChI is InChI=1S/C17H15F2NO/c1-2-20-10-12(16-9-14(19)5-8-17(16)20)11-21-15-6-3-13(18)4-7-15/h3-10H,2,11H2,1H3. The molecule has 3 aromatic rings. The number of aromatic nitrogens is 1. The minimum Gasteiger partial charge on any atom is -0.489 e. The zero-order valence-corrected chi connectivity index (χ0v) is 11.6. The van der Waals surface area contributed by atoms with E-state index in [2.05, 4.69) is 4.57 Å². The predicted molar refractivity (Wildman–Crippen MR) is 78.3 cm³/mol. The van der Waals surface area contributed by atoms with E-state index in [-0.39, 0.29) is 11.6 Å². The van der Waals surface area contributed by atoms with E-state index in [4.69, 9.17) is 4.74 Å². The molecule has 1 heterocycles. The molecule has 0 aliphatic heterocycles. The Morgan fingerprint density at radius 1 is 1.00 bits per heavy atom. The summed E-state index contributed by atoms with van der Waals surface area (Å²) >= 11 is 0. The molecule has 0 aliphatic carbocycles. The Hall–Kier alpha value is -2.36. The number of nitrogens with zero attached hydrogens (tertiary/aromatic N) is 1. The van der Waals surface area contributed by atoms with Crippen molar-refractivity contribution in [2.24, 2.45) is 0 Å². The summed E-state index contributed by atoms with van der Waals surface area (Å²) in [5.41, 5.74) is 1.90. The Labute approximate surface area is 121 Å². The van der Waals surface area contributed by atoms with Gasteiger partial charge in [-0.3, -0.25) is 0 Å². The van der Waals surface area contributed by atoms with Crippen LogP contribution >= 0.6 is 0 Å². The van der Waals surface area contributed by atoms with Crippen molar-refractivity contribution in [2.45, 2.75) is 20.1 Å². The van der Waals surface area contributed by atoms with Crippen LogP contribution in [0.1, 0.15) is 12.5 Å². The molecule has 0 bridgehead atoms. The van der Waals surface area contributed by atoms with E-state index in [1.165, 1.54) is 24.3 Å². The van der Waals surface area contributed by atoms with Crippen molar-refractivity contribution in [1.29, 1.82) is 0 Å². The summed E-state index contributed by atoms with van der Waals surface area (Å²) in [6, 6.07) is 10.6. The fourth-order valence-electron chi connectivity index (χ4n) is 2.41. The fourth-order valence-corrected chi connectivity index (χ4v) is 2.41. The van der Waals surface area contributed by atoms with Crippen LogP contribution in [0, 0.1) is 11.6 Å². The Kier molecular flexibility index (Phi) is 3.60. The number of hydrogen-bond acceptors (Lipinski definition) is 1. The molecule has 4 heteroatoms. The lowest BCUT2D eigenvalue weighted by molar-refractivity contribution is 0.307. The van der Waals surface area contributed by atoms with Crippen molar-refractivity contribution < 1.29 is 13.5 Å². The molecule has 1 aromatic heterocycles. The summed E-state index contributed by atoms with van der Waals surface area (Å²) in [5.74, 6) is 0.0246. The van der Waals surface area contributed by atoms with Gasteiger partial charge in [0, 0.05) is 29.2 Å². The van der Waals surface area contributed by atoms with Gasteiger partial charge in [0.05, 0.1) is 0 Å². The Balaban J connectivity index is 1.89. The van der Waals surface area contributed by atoms with Crippen molar-refractivity contribution in [2.75, 3.05) is 0 Å². The van der Waals surface area contributed by atoms with Crippen molar-refractivity contribution in [3.05, 3.63) is 65.9 Å². The lowest BCUT2D eigenvalue weighted by Gasteiger charge is -2.05. The van der Waals surface area contributed by atoms with Gasteiger partial charge in [0.1, 0.15) is 24.0 Å². The summed E-state index contributed by atoms with van der Waals surface area (Å²) in [7, 11) is 0. The number of benzene rings is 2. The third-order valence-corrected chi connectivity index (χ3v) is 3.47. The molecule has 2 aromatic carbocycles. The zero-order chi connectivity index (χ0) is 14.8. The highest BCUT2D eigenvalue weighted by Crippen LogP contribution is 2.24. The molecule has 0 amide bonds. The third-order valence-electron chi connectivity index (χ3n) is 3.47. The van der Waals surface area contributed by atoms with E-state index in [1.807, 2.05) is 13.1 Å². The van der Waals surface area contributed by atoms with Gasteiger partial charge in [0.15, 0.2) is 0 Å². The van der Waals surface area contributed by atoms with E-state index in [1.54, 1.807) is 18.2 Å². The number of rotatable bonds is 4. The molecule has 0 saturated heterocycles. The average Bonchev–Trinajstić information content (AvgIpc) is 2.84. The highest BCUT2D eigenvalue weighted by Gasteiger charge is 2.09. The Bertz CT molecular complexity index is 762. The molecule has 0 radical (unpaired) electrons. The van der Waals surface area contributed by atoms with Gasteiger partial charge >= 0.3 is 0 Å². The normalized spacial score (nSPS) is 11.0. The lowest BCUT2D eigenvalue weighted by Crippen LogP contribution is -1.95. The van der Waals surface area contributed by atoms with Crippen molar-refractivity contribution in [1.82, 2.24) is 4.57 Å². The van der Waals surface area contributed by atoms with Crippen molar-refractivity contribution in [3.8, 4) is 5.75 Å². The van der Waals surface area contributed by atoms with Crippen molar-refractivity contribution in [3.63, 3.8) is 0 Å². The minimum atomic E-state index is -0.299. The van der Waals surface area contributed by atoms with Gasteiger partial charge in [-0.15, -0.1) is 0 Å². The fraction of sp³-hybridized carbons (Fsp3) is 0.176. The second-order valence-electron chi connectivity index (χ2n) is 4.84. The third kappa shape index (κ3) is 2.75. The van der Waals surface area contributed by atoms with E-state index in [0.29, 0.717) is 12.4 Å². The van der Waals surface area contributed by atoms with Gasteiger partial charge in [-0.25, -0.2) is 8.78 Å². The molecular weight excluding hydrogens is 272 g/mol. The van der Waals surface area contributed by atoms with E-state index < -0.39 is 0 Å². The topological polar surface area (TPSA) is 14.2 Å². The van der Waals surface area contributed by atoms with Crippen molar-refractivity contribution >= 4 is 10.9 Å². The first-order valence-corrected chi connectivity index (χ1v) is 6.83. The summed E-state index contributed by atoms with van der Waals surface area (Å²) < 4.78 is 34.0. The zero-order valence-electron chi connectivity index (χ0n) is 11.6. The summed E-state index contributed by atoms with van der Waals surface area (Å²) in [5, 5.41) is 0.846. The number of ether oxygens (including phenoxy) is 1. The van der Waals surface area contributed by atoms with E-state index in [0.717, 1.165) is 23.0 Å². The van der Waals surface area contributed by atoms with Crippen LogP contribution in [-0.2, 0) is 13.2 Å². The van der Waals surface area contributed by atoms with E-state index in [9.17, 15) is 8.78 Å². The number of aryl methyl sites for hydroxylation is 1. The molecule has 0 saturated carbocycles. The van der Waals surface area contributed by atoms with Crippen LogP contribution in [0.5, 0.6) is 5.75 Å². The van der Waals surface area contributed by atoms with Crippen LogP contribution in [0.4, 0.5) is 8.78 Å². The minimum absolute atomic E-state index is 0.264. The molecule has 21 heavy (non-hydrogen) atoms. The molecule has 0 aliphatic rings. The lowest BCUT2D eigenvalue weighted by atomic mass is 10.2.